The van der Waals surface area contributed by atoms with Crippen LogP contribution in [0.15, 0.2) is 71.4 Å². The summed E-state index contributed by atoms with van der Waals surface area (Å²) in [5, 5.41) is 6.93. The Hall–Kier alpha value is -2.01. The summed E-state index contributed by atoms with van der Waals surface area (Å²) in [6.45, 7) is 0. The molecule has 1 aliphatic rings. The van der Waals surface area contributed by atoms with Crippen LogP contribution in [0.1, 0.15) is 25.7 Å². The number of ketones is 1. The molecule has 5 rings (SSSR count). The van der Waals surface area contributed by atoms with E-state index in [9.17, 15) is 4.79 Å². The van der Waals surface area contributed by atoms with E-state index in [1.165, 1.54) is 20.2 Å². The Labute approximate surface area is 162 Å². The van der Waals surface area contributed by atoms with Crippen molar-refractivity contribution >= 4 is 48.6 Å². The van der Waals surface area contributed by atoms with Crippen molar-refractivity contribution in [3.8, 4) is 0 Å². The SMILES string of the molecule is NC1CCC(=O)CC1.c1ccc2sccc2c1.c1ccc2sccc2c1. The molecule has 0 unspecified atom stereocenters. The van der Waals surface area contributed by atoms with E-state index in [0.717, 1.165) is 12.8 Å². The normalized spacial score (nSPS) is 14.4. The van der Waals surface area contributed by atoms with E-state index in [4.69, 9.17) is 5.73 Å². The molecular weight excluding hydrogens is 358 g/mol. The minimum absolute atomic E-state index is 0.299. The lowest BCUT2D eigenvalue weighted by Gasteiger charge is -2.14. The number of benzene rings is 2. The van der Waals surface area contributed by atoms with Gasteiger partial charge in [-0.3, -0.25) is 4.79 Å². The number of fused-ring (bicyclic) bond motifs is 2. The van der Waals surface area contributed by atoms with Crippen molar-refractivity contribution < 1.29 is 4.79 Å². The van der Waals surface area contributed by atoms with Crippen LogP contribution in [0, 0.1) is 0 Å². The van der Waals surface area contributed by atoms with Gasteiger partial charge in [0, 0.05) is 28.3 Å². The van der Waals surface area contributed by atoms with Crippen LogP contribution in [0.5, 0.6) is 0 Å². The summed E-state index contributed by atoms with van der Waals surface area (Å²) in [4.78, 5) is 10.6. The average Bonchev–Trinajstić information content (AvgIpc) is 3.34. The first-order chi connectivity index (χ1) is 12.7. The van der Waals surface area contributed by atoms with Crippen molar-refractivity contribution in [2.75, 3.05) is 0 Å². The molecule has 1 saturated carbocycles. The van der Waals surface area contributed by atoms with Crippen molar-refractivity contribution in [1.82, 2.24) is 0 Å². The van der Waals surface area contributed by atoms with Crippen molar-refractivity contribution in [3.63, 3.8) is 0 Å². The highest BCUT2D eigenvalue weighted by Crippen LogP contribution is 2.19. The predicted molar refractivity (Wildman–Crippen MR) is 115 cm³/mol. The monoisotopic (exact) mass is 381 g/mol. The number of hydrogen-bond donors (Lipinski definition) is 1. The number of carbonyl (C=O) groups excluding carboxylic acids is 1. The maximum Gasteiger partial charge on any atom is 0.133 e. The zero-order chi connectivity index (χ0) is 18.2. The molecule has 0 radical (unpaired) electrons. The lowest BCUT2D eigenvalue weighted by Crippen LogP contribution is -2.26. The zero-order valence-electron chi connectivity index (χ0n) is 14.6. The Balaban J connectivity index is 0.000000113. The summed E-state index contributed by atoms with van der Waals surface area (Å²) in [5.41, 5.74) is 5.54. The highest BCUT2D eigenvalue weighted by Gasteiger charge is 2.13. The Morgan fingerprint density at radius 3 is 1.62 bits per heavy atom. The summed E-state index contributed by atoms with van der Waals surface area (Å²) >= 11 is 3.57. The number of hydrogen-bond acceptors (Lipinski definition) is 4. The number of thiophene rings is 2. The fourth-order valence-corrected chi connectivity index (χ4v) is 4.36. The van der Waals surface area contributed by atoms with E-state index in [2.05, 4.69) is 71.4 Å². The van der Waals surface area contributed by atoms with Crippen molar-refractivity contribution in [2.24, 2.45) is 5.73 Å². The van der Waals surface area contributed by atoms with Crippen LogP contribution in [-0.2, 0) is 4.79 Å². The summed E-state index contributed by atoms with van der Waals surface area (Å²) in [6, 6.07) is 21.4. The van der Waals surface area contributed by atoms with E-state index >= 15 is 0 Å². The fourth-order valence-electron chi connectivity index (χ4n) is 2.77. The number of Topliss-reactive ketones (excluding diaryl/α,β-unsaturated/α-hetero) is 1. The lowest BCUT2D eigenvalue weighted by atomic mass is 9.95. The molecule has 2 N–H and O–H groups in total. The van der Waals surface area contributed by atoms with Gasteiger partial charge in [-0.25, -0.2) is 0 Å². The number of nitrogens with two attached hydrogens (primary N) is 1. The molecule has 0 aliphatic heterocycles. The molecule has 0 saturated heterocycles. The van der Waals surface area contributed by atoms with Gasteiger partial charge in [-0.05, 0) is 58.6 Å². The maximum absolute atomic E-state index is 10.6. The second-order valence-electron chi connectivity index (χ2n) is 6.29. The lowest BCUT2D eigenvalue weighted by molar-refractivity contribution is -0.120. The van der Waals surface area contributed by atoms with Crippen molar-refractivity contribution in [1.29, 1.82) is 0 Å². The Morgan fingerprint density at radius 2 is 1.19 bits per heavy atom. The van der Waals surface area contributed by atoms with E-state index in [1.54, 1.807) is 22.7 Å². The summed E-state index contributed by atoms with van der Waals surface area (Å²) in [7, 11) is 0. The molecule has 2 heterocycles. The van der Waals surface area contributed by atoms with Gasteiger partial charge in [0.1, 0.15) is 5.78 Å². The minimum atomic E-state index is 0.299. The molecule has 134 valence electrons. The van der Waals surface area contributed by atoms with E-state index in [-0.39, 0.29) is 0 Å². The van der Waals surface area contributed by atoms with Gasteiger partial charge in [-0.1, -0.05) is 36.4 Å². The largest absolute Gasteiger partial charge is 0.328 e. The second kappa shape index (κ2) is 9.62. The van der Waals surface area contributed by atoms with Gasteiger partial charge >= 0.3 is 0 Å². The highest BCUT2D eigenvalue weighted by molar-refractivity contribution is 7.17. The molecule has 2 aromatic carbocycles. The molecule has 0 amide bonds. The molecule has 1 aliphatic carbocycles. The van der Waals surface area contributed by atoms with Crippen molar-refractivity contribution in [3.05, 3.63) is 71.4 Å². The first-order valence-electron chi connectivity index (χ1n) is 8.84. The van der Waals surface area contributed by atoms with Crippen LogP contribution >= 0.6 is 22.7 Å². The molecular formula is C22H23NOS2. The maximum atomic E-state index is 10.6. The molecule has 0 atom stereocenters. The Morgan fingerprint density at radius 1 is 0.731 bits per heavy atom. The summed E-state index contributed by atoms with van der Waals surface area (Å²) < 4.78 is 2.75. The first kappa shape index (κ1) is 18.8. The molecule has 2 aromatic heterocycles. The molecule has 2 nitrogen and oxygen atoms in total. The molecule has 4 aromatic rings. The van der Waals surface area contributed by atoms with Crippen LogP contribution in [-0.4, -0.2) is 11.8 Å². The Bertz CT molecular complexity index is 820. The Kier molecular flexibility index (Phi) is 6.95. The zero-order valence-corrected chi connectivity index (χ0v) is 16.3. The second-order valence-corrected chi connectivity index (χ2v) is 8.19. The number of carbonyl (C=O) groups is 1. The summed E-state index contributed by atoms with van der Waals surface area (Å²) in [5.74, 6) is 0.381. The molecule has 1 fully saturated rings. The van der Waals surface area contributed by atoms with Crippen LogP contribution in [0.3, 0.4) is 0 Å². The van der Waals surface area contributed by atoms with Gasteiger partial charge in [0.05, 0.1) is 0 Å². The topological polar surface area (TPSA) is 43.1 Å². The fraction of sp³-hybridized carbons (Fsp3) is 0.227. The van der Waals surface area contributed by atoms with E-state index < -0.39 is 0 Å². The van der Waals surface area contributed by atoms with Crippen LogP contribution in [0.25, 0.3) is 20.2 Å². The third kappa shape index (κ3) is 5.49. The van der Waals surface area contributed by atoms with Gasteiger partial charge in [-0.15, -0.1) is 22.7 Å². The third-order valence-corrected chi connectivity index (χ3v) is 6.11. The van der Waals surface area contributed by atoms with Crippen LogP contribution < -0.4 is 5.73 Å². The first-order valence-corrected chi connectivity index (χ1v) is 10.6. The average molecular weight is 382 g/mol. The van der Waals surface area contributed by atoms with Gasteiger partial charge in [0.2, 0.25) is 0 Å². The predicted octanol–water partition coefficient (Wildman–Crippen LogP) is 6.26. The third-order valence-electron chi connectivity index (χ3n) is 4.31. The molecule has 0 bridgehead atoms. The van der Waals surface area contributed by atoms with Crippen LogP contribution in [0.2, 0.25) is 0 Å². The molecule has 4 heteroatoms. The quantitative estimate of drug-likeness (QED) is 0.391. The van der Waals surface area contributed by atoms with Crippen molar-refractivity contribution in [2.45, 2.75) is 31.7 Å². The minimum Gasteiger partial charge on any atom is -0.328 e. The standard InChI is InChI=1S/2C8H6S.C6H11NO/c2*1-2-4-8-7(3-1)5-6-9-8;7-5-1-3-6(8)4-2-5/h2*1-6H;5H,1-4,7H2. The van der Waals surface area contributed by atoms with E-state index in [0.29, 0.717) is 24.7 Å². The molecule has 26 heavy (non-hydrogen) atoms. The number of rotatable bonds is 0. The van der Waals surface area contributed by atoms with Crippen LogP contribution in [0.4, 0.5) is 0 Å². The van der Waals surface area contributed by atoms with Gasteiger partial charge in [0.15, 0.2) is 0 Å². The highest BCUT2D eigenvalue weighted by atomic mass is 32.1. The molecule has 0 spiro atoms. The van der Waals surface area contributed by atoms with Gasteiger partial charge in [-0.2, -0.15) is 0 Å². The van der Waals surface area contributed by atoms with E-state index in [1.807, 2.05) is 0 Å². The smallest absolute Gasteiger partial charge is 0.133 e. The summed E-state index contributed by atoms with van der Waals surface area (Å²) in [6.07, 6.45) is 3.22. The van der Waals surface area contributed by atoms with Gasteiger partial charge in [0.25, 0.3) is 0 Å². The van der Waals surface area contributed by atoms with Gasteiger partial charge < -0.3 is 5.73 Å².